The van der Waals surface area contributed by atoms with Crippen molar-refractivity contribution >= 4 is 22.4 Å². The number of ether oxygens (including phenoxy) is 1. The lowest BCUT2D eigenvalue weighted by molar-refractivity contribution is 0.233. The van der Waals surface area contributed by atoms with E-state index in [9.17, 15) is 8.42 Å². The first kappa shape index (κ1) is 19.5. The molecule has 2 aliphatic rings. The van der Waals surface area contributed by atoms with Gasteiger partial charge in [-0.25, -0.2) is 8.42 Å². The van der Waals surface area contributed by atoms with Crippen LogP contribution >= 0.6 is 12.4 Å². The van der Waals surface area contributed by atoms with Crippen molar-refractivity contribution in [2.45, 2.75) is 43.5 Å². The topological polar surface area (TPSA) is 58.6 Å². The summed E-state index contributed by atoms with van der Waals surface area (Å²) in [7, 11) is -1.97. The summed E-state index contributed by atoms with van der Waals surface area (Å²) in [6.07, 6.45) is 4.34. The van der Waals surface area contributed by atoms with Crippen molar-refractivity contribution in [3.8, 4) is 5.75 Å². The Balaban J connectivity index is 0.00000208. The van der Waals surface area contributed by atoms with Crippen LogP contribution in [0, 0.1) is 12.8 Å². The van der Waals surface area contributed by atoms with Crippen LogP contribution in [-0.2, 0) is 10.0 Å². The Morgan fingerprint density at radius 2 is 1.92 bits per heavy atom. The van der Waals surface area contributed by atoms with Gasteiger partial charge in [-0.15, -0.1) is 12.4 Å². The molecule has 0 aromatic heterocycles. The fraction of sp³-hybridized carbons (Fsp3) is 0.647. The van der Waals surface area contributed by atoms with E-state index < -0.39 is 10.0 Å². The number of halogens is 1. The molecule has 2 heterocycles. The van der Waals surface area contributed by atoms with Crippen molar-refractivity contribution in [1.82, 2.24) is 9.62 Å². The highest BCUT2D eigenvalue weighted by Gasteiger charge is 2.34. The van der Waals surface area contributed by atoms with Crippen molar-refractivity contribution in [1.29, 1.82) is 0 Å². The van der Waals surface area contributed by atoms with E-state index in [0.717, 1.165) is 24.9 Å². The Morgan fingerprint density at radius 1 is 1.21 bits per heavy atom. The zero-order chi connectivity index (χ0) is 16.4. The standard InChI is InChI=1S/C17H26N2O3S.ClH/c1-13-5-6-16(22-2)17(12-13)23(20,21)19-10-7-14(8-11-19)15-4-3-9-18-15;/h5-6,12,14-15,18H,3-4,7-11H2,1-2H3;1H. The molecule has 2 aliphatic heterocycles. The zero-order valence-electron chi connectivity index (χ0n) is 14.3. The minimum atomic E-state index is -3.49. The van der Waals surface area contributed by atoms with E-state index in [4.69, 9.17) is 4.74 Å². The maximum Gasteiger partial charge on any atom is 0.246 e. The molecule has 136 valence electrons. The molecular weight excluding hydrogens is 348 g/mol. The maximum absolute atomic E-state index is 13.0. The van der Waals surface area contributed by atoms with Crippen LogP contribution in [0.4, 0.5) is 0 Å². The molecule has 1 aromatic carbocycles. The molecule has 1 atom stereocenters. The van der Waals surface area contributed by atoms with Gasteiger partial charge in [-0.3, -0.25) is 0 Å². The summed E-state index contributed by atoms with van der Waals surface area (Å²) >= 11 is 0. The number of hydrogen-bond acceptors (Lipinski definition) is 4. The van der Waals surface area contributed by atoms with Gasteiger partial charge in [0.25, 0.3) is 0 Å². The van der Waals surface area contributed by atoms with Crippen molar-refractivity contribution in [2.75, 3.05) is 26.7 Å². The number of benzene rings is 1. The number of rotatable bonds is 4. The molecule has 0 radical (unpaired) electrons. The molecule has 2 saturated heterocycles. The summed E-state index contributed by atoms with van der Waals surface area (Å²) < 4.78 is 32.8. The second-order valence-corrected chi connectivity index (χ2v) is 8.51. The third-order valence-electron chi connectivity index (χ3n) is 5.10. The number of aryl methyl sites for hydroxylation is 1. The zero-order valence-corrected chi connectivity index (χ0v) is 16.0. The number of hydrogen-bond donors (Lipinski definition) is 1. The molecule has 7 heteroatoms. The Bertz CT molecular complexity index is 652. The van der Waals surface area contributed by atoms with E-state index in [1.165, 1.54) is 20.0 Å². The molecule has 5 nitrogen and oxygen atoms in total. The molecule has 1 N–H and O–H groups in total. The molecule has 2 fully saturated rings. The Hall–Kier alpha value is -0.820. The monoisotopic (exact) mass is 374 g/mol. The summed E-state index contributed by atoms with van der Waals surface area (Å²) in [5.41, 5.74) is 0.925. The Kier molecular flexibility index (Phi) is 6.53. The molecule has 0 aliphatic carbocycles. The van der Waals surface area contributed by atoms with Crippen molar-refractivity contribution in [3.63, 3.8) is 0 Å². The van der Waals surface area contributed by atoms with Crippen molar-refractivity contribution < 1.29 is 13.2 Å². The second kappa shape index (κ2) is 8.04. The molecule has 1 aromatic rings. The number of methoxy groups -OCH3 is 1. The number of nitrogens with one attached hydrogen (secondary N) is 1. The highest BCUT2D eigenvalue weighted by molar-refractivity contribution is 7.89. The van der Waals surface area contributed by atoms with Crippen LogP contribution in [0.5, 0.6) is 5.75 Å². The third-order valence-corrected chi connectivity index (χ3v) is 7.02. The number of piperidine rings is 1. The average molecular weight is 375 g/mol. The maximum atomic E-state index is 13.0. The van der Waals surface area contributed by atoms with Crippen LogP contribution < -0.4 is 10.1 Å². The highest BCUT2D eigenvalue weighted by atomic mass is 35.5. The van der Waals surface area contributed by atoms with Gasteiger partial charge in [0, 0.05) is 19.1 Å². The quantitative estimate of drug-likeness (QED) is 0.880. The van der Waals surface area contributed by atoms with Gasteiger partial charge in [-0.2, -0.15) is 4.31 Å². The van der Waals surface area contributed by atoms with Crippen LogP contribution in [0.1, 0.15) is 31.2 Å². The van der Waals surface area contributed by atoms with Gasteiger partial charge in [-0.05, 0) is 62.8 Å². The smallest absolute Gasteiger partial charge is 0.246 e. The van der Waals surface area contributed by atoms with Crippen LogP contribution in [-0.4, -0.2) is 45.5 Å². The van der Waals surface area contributed by atoms with Crippen LogP contribution in [0.3, 0.4) is 0 Å². The number of sulfonamides is 1. The van der Waals surface area contributed by atoms with E-state index in [1.54, 1.807) is 16.4 Å². The van der Waals surface area contributed by atoms with E-state index >= 15 is 0 Å². The summed E-state index contributed by atoms with van der Waals surface area (Å²) in [5, 5.41) is 3.55. The van der Waals surface area contributed by atoms with E-state index in [1.807, 2.05) is 13.0 Å². The van der Waals surface area contributed by atoms with E-state index in [-0.39, 0.29) is 17.3 Å². The van der Waals surface area contributed by atoms with Crippen LogP contribution in [0.15, 0.2) is 23.1 Å². The molecule has 3 rings (SSSR count). The lowest BCUT2D eigenvalue weighted by atomic mass is 9.89. The van der Waals surface area contributed by atoms with Crippen LogP contribution in [0.25, 0.3) is 0 Å². The molecule has 0 amide bonds. The largest absolute Gasteiger partial charge is 0.495 e. The summed E-state index contributed by atoms with van der Waals surface area (Å²) in [4.78, 5) is 0.289. The summed E-state index contributed by atoms with van der Waals surface area (Å²) in [6, 6.07) is 5.89. The first-order valence-electron chi connectivity index (χ1n) is 8.40. The van der Waals surface area contributed by atoms with Gasteiger partial charge in [0.05, 0.1) is 7.11 Å². The molecular formula is C17H27ClN2O3S. The Morgan fingerprint density at radius 3 is 2.50 bits per heavy atom. The average Bonchev–Trinajstić information content (AvgIpc) is 3.09. The fourth-order valence-corrected chi connectivity index (χ4v) is 5.47. The molecule has 0 saturated carbocycles. The third kappa shape index (κ3) is 3.87. The lowest BCUT2D eigenvalue weighted by Gasteiger charge is -2.34. The summed E-state index contributed by atoms with van der Waals surface area (Å²) in [5.74, 6) is 1.03. The molecule has 0 spiro atoms. The molecule has 24 heavy (non-hydrogen) atoms. The highest BCUT2D eigenvalue weighted by Crippen LogP contribution is 2.32. The minimum absolute atomic E-state index is 0. The van der Waals surface area contributed by atoms with Gasteiger partial charge < -0.3 is 10.1 Å². The normalized spacial score (nSPS) is 23.0. The van der Waals surface area contributed by atoms with E-state index in [0.29, 0.717) is 30.8 Å². The minimum Gasteiger partial charge on any atom is -0.495 e. The first-order valence-corrected chi connectivity index (χ1v) is 9.84. The SMILES string of the molecule is COc1ccc(C)cc1S(=O)(=O)N1CCC(C2CCCN2)CC1.Cl. The first-order chi connectivity index (χ1) is 11.0. The van der Waals surface area contributed by atoms with Crippen LogP contribution in [0.2, 0.25) is 0 Å². The van der Waals surface area contributed by atoms with Gasteiger partial charge >= 0.3 is 0 Å². The summed E-state index contributed by atoms with van der Waals surface area (Å²) in [6.45, 7) is 4.20. The Labute approximate surface area is 151 Å². The van der Waals surface area contributed by atoms with E-state index in [2.05, 4.69) is 5.32 Å². The van der Waals surface area contributed by atoms with Gasteiger partial charge in [0.1, 0.15) is 10.6 Å². The molecule has 0 bridgehead atoms. The van der Waals surface area contributed by atoms with Gasteiger partial charge in [0.2, 0.25) is 10.0 Å². The second-order valence-electron chi connectivity index (χ2n) is 6.60. The fourth-order valence-electron chi connectivity index (χ4n) is 3.76. The lowest BCUT2D eigenvalue weighted by Crippen LogP contribution is -2.43. The van der Waals surface area contributed by atoms with Crippen molar-refractivity contribution in [2.24, 2.45) is 5.92 Å². The molecule has 1 unspecified atom stereocenters. The van der Waals surface area contributed by atoms with Gasteiger partial charge in [-0.1, -0.05) is 6.07 Å². The predicted octanol–water partition coefficient (Wildman–Crippen LogP) is 2.58. The predicted molar refractivity (Wildman–Crippen MR) is 97.5 cm³/mol. The van der Waals surface area contributed by atoms with Gasteiger partial charge in [0.15, 0.2) is 0 Å². The number of nitrogens with zero attached hydrogens (tertiary/aromatic N) is 1. The van der Waals surface area contributed by atoms with Crippen molar-refractivity contribution in [3.05, 3.63) is 23.8 Å².